The maximum atomic E-state index is 12.5. The fourth-order valence-corrected chi connectivity index (χ4v) is 3.27. The van der Waals surface area contributed by atoms with E-state index in [1.807, 2.05) is 13.0 Å². The summed E-state index contributed by atoms with van der Waals surface area (Å²) in [6, 6.07) is 14.9. The van der Waals surface area contributed by atoms with Crippen LogP contribution < -0.4 is 4.72 Å². The van der Waals surface area contributed by atoms with Crippen molar-refractivity contribution in [1.82, 2.24) is 4.72 Å². The third-order valence-corrected chi connectivity index (χ3v) is 4.77. The van der Waals surface area contributed by atoms with Crippen molar-refractivity contribution in [3.05, 3.63) is 65.7 Å². The number of carbonyl (C=O) groups is 1. The second kappa shape index (κ2) is 7.39. The van der Waals surface area contributed by atoms with Crippen molar-refractivity contribution in [2.45, 2.75) is 24.8 Å². The van der Waals surface area contributed by atoms with Crippen molar-refractivity contribution in [2.75, 3.05) is 6.61 Å². The molecule has 0 aliphatic carbocycles. The number of rotatable bonds is 6. The van der Waals surface area contributed by atoms with Crippen LogP contribution in [0.2, 0.25) is 0 Å². The van der Waals surface area contributed by atoms with Gasteiger partial charge in [0, 0.05) is 6.92 Å². The minimum absolute atomic E-state index is 0.0650. The van der Waals surface area contributed by atoms with Crippen molar-refractivity contribution in [1.29, 1.82) is 0 Å². The molecule has 23 heavy (non-hydrogen) atoms. The van der Waals surface area contributed by atoms with Crippen LogP contribution in [0, 0.1) is 6.92 Å². The van der Waals surface area contributed by atoms with Gasteiger partial charge in [-0.1, -0.05) is 48.0 Å². The van der Waals surface area contributed by atoms with E-state index in [0.29, 0.717) is 0 Å². The maximum absolute atomic E-state index is 12.5. The molecule has 0 aliphatic heterocycles. The Morgan fingerprint density at radius 3 is 2.26 bits per heavy atom. The number of aryl methyl sites for hydroxylation is 1. The summed E-state index contributed by atoms with van der Waals surface area (Å²) in [7, 11) is -3.71. The van der Waals surface area contributed by atoms with Crippen LogP contribution in [0.25, 0.3) is 0 Å². The molecule has 0 spiro atoms. The molecule has 0 fully saturated rings. The minimum Gasteiger partial charge on any atom is -0.464 e. The van der Waals surface area contributed by atoms with Gasteiger partial charge in [-0.05, 0) is 24.6 Å². The molecule has 5 nitrogen and oxygen atoms in total. The SMILES string of the molecule is CC(=O)OC[C@H](NS(=O)(=O)c1ccc(C)cc1)c1ccccc1. The lowest BCUT2D eigenvalue weighted by molar-refractivity contribution is -0.141. The average molecular weight is 333 g/mol. The van der Waals surface area contributed by atoms with E-state index in [1.165, 1.54) is 6.92 Å². The van der Waals surface area contributed by atoms with Crippen LogP contribution in [-0.2, 0) is 19.6 Å². The first-order chi connectivity index (χ1) is 10.9. The first kappa shape index (κ1) is 17.2. The van der Waals surface area contributed by atoms with Gasteiger partial charge in [-0.3, -0.25) is 4.79 Å². The van der Waals surface area contributed by atoms with Gasteiger partial charge >= 0.3 is 5.97 Å². The molecule has 0 radical (unpaired) electrons. The quantitative estimate of drug-likeness (QED) is 0.825. The first-order valence-corrected chi connectivity index (χ1v) is 8.64. The van der Waals surface area contributed by atoms with Gasteiger partial charge in [0.1, 0.15) is 6.61 Å². The predicted octanol–water partition coefficient (Wildman–Crippen LogP) is 2.58. The smallest absolute Gasteiger partial charge is 0.302 e. The third kappa shape index (κ3) is 4.91. The minimum atomic E-state index is -3.71. The van der Waals surface area contributed by atoms with Crippen LogP contribution in [0.4, 0.5) is 0 Å². The molecule has 2 aromatic carbocycles. The number of benzene rings is 2. The van der Waals surface area contributed by atoms with Gasteiger partial charge in [-0.2, -0.15) is 0 Å². The summed E-state index contributed by atoms with van der Waals surface area (Å²) in [6.07, 6.45) is 0. The number of ether oxygens (including phenoxy) is 1. The Hall–Kier alpha value is -2.18. The summed E-state index contributed by atoms with van der Waals surface area (Å²) >= 11 is 0. The number of sulfonamides is 1. The molecule has 122 valence electrons. The van der Waals surface area contributed by atoms with Crippen LogP contribution in [0.15, 0.2) is 59.5 Å². The molecule has 0 saturated carbocycles. The second-order valence-electron chi connectivity index (χ2n) is 5.20. The van der Waals surface area contributed by atoms with Gasteiger partial charge in [0.05, 0.1) is 10.9 Å². The molecule has 2 rings (SSSR count). The van der Waals surface area contributed by atoms with Crippen molar-refractivity contribution < 1.29 is 17.9 Å². The number of hydrogen-bond acceptors (Lipinski definition) is 4. The van der Waals surface area contributed by atoms with Gasteiger partial charge in [0.25, 0.3) is 0 Å². The molecule has 0 saturated heterocycles. The largest absolute Gasteiger partial charge is 0.464 e. The number of hydrogen-bond donors (Lipinski definition) is 1. The highest BCUT2D eigenvalue weighted by Crippen LogP contribution is 2.18. The summed E-state index contributed by atoms with van der Waals surface area (Å²) in [6.45, 7) is 3.11. The fraction of sp³-hybridized carbons (Fsp3) is 0.235. The average Bonchev–Trinajstić information content (AvgIpc) is 2.52. The second-order valence-corrected chi connectivity index (χ2v) is 6.91. The highest BCUT2D eigenvalue weighted by Gasteiger charge is 2.22. The van der Waals surface area contributed by atoms with Gasteiger partial charge in [-0.15, -0.1) is 0 Å². The predicted molar refractivity (Wildman–Crippen MR) is 87.3 cm³/mol. The maximum Gasteiger partial charge on any atom is 0.302 e. The lowest BCUT2D eigenvalue weighted by Gasteiger charge is -2.19. The van der Waals surface area contributed by atoms with E-state index in [2.05, 4.69) is 4.72 Å². The molecule has 0 bridgehead atoms. The van der Waals surface area contributed by atoms with Gasteiger partial charge in [0.2, 0.25) is 10.0 Å². The summed E-state index contributed by atoms with van der Waals surface area (Å²) in [4.78, 5) is 11.2. The number of nitrogens with one attached hydrogen (secondary N) is 1. The standard InChI is InChI=1S/C17H19NO4S/c1-13-8-10-16(11-9-13)23(20,21)18-17(12-22-14(2)19)15-6-4-3-5-7-15/h3-11,17-18H,12H2,1-2H3/t17-/m0/s1. The van der Waals surface area contributed by atoms with Crippen LogP contribution in [-0.4, -0.2) is 21.0 Å². The molecule has 0 aliphatic rings. The molecule has 0 heterocycles. The molecule has 0 aromatic heterocycles. The zero-order valence-electron chi connectivity index (χ0n) is 13.0. The lowest BCUT2D eigenvalue weighted by Crippen LogP contribution is -2.32. The van der Waals surface area contributed by atoms with E-state index < -0.39 is 22.0 Å². The molecule has 6 heteroatoms. The Bertz CT molecular complexity index is 755. The number of esters is 1. The first-order valence-electron chi connectivity index (χ1n) is 7.16. The van der Waals surface area contributed by atoms with Crippen molar-refractivity contribution >= 4 is 16.0 Å². The van der Waals surface area contributed by atoms with E-state index in [1.54, 1.807) is 48.5 Å². The zero-order valence-corrected chi connectivity index (χ0v) is 13.8. The lowest BCUT2D eigenvalue weighted by atomic mass is 10.1. The molecular formula is C17H19NO4S. The van der Waals surface area contributed by atoms with Crippen LogP contribution >= 0.6 is 0 Å². The molecule has 1 N–H and O–H groups in total. The Morgan fingerprint density at radius 2 is 1.70 bits per heavy atom. The molecule has 0 unspecified atom stereocenters. The van der Waals surface area contributed by atoms with Gasteiger partial charge < -0.3 is 4.74 Å². The monoisotopic (exact) mass is 333 g/mol. The van der Waals surface area contributed by atoms with Crippen molar-refractivity contribution in [3.8, 4) is 0 Å². The molecular weight excluding hydrogens is 314 g/mol. The van der Waals surface area contributed by atoms with E-state index in [-0.39, 0.29) is 11.5 Å². The normalized spacial score (nSPS) is 12.6. The summed E-state index contributed by atoms with van der Waals surface area (Å²) in [5.41, 5.74) is 1.70. The zero-order chi connectivity index (χ0) is 16.9. The summed E-state index contributed by atoms with van der Waals surface area (Å²) in [5.74, 6) is -0.458. The highest BCUT2D eigenvalue weighted by molar-refractivity contribution is 7.89. The highest BCUT2D eigenvalue weighted by atomic mass is 32.2. The van der Waals surface area contributed by atoms with Gasteiger partial charge in [0.15, 0.2) is 0 Å². The van der Waals surface area contributed by atoms with Gasteiger partial charge in [-0.25, -0.2) is 13.1 Å². The van der Waals surface area contributed by atoms with Crippen LogP contribution in [0.3, 0.4) is 0 Å². The van der Waals surface area contributed by atoms with Crippen molar-refractivity contribution in [2.24, 2.45) is 0 Å². The van der Waals surface area contributed by atoms with Crippen LogP contribution in [0.5, 0.6) is 0 Å². The van der Waals surface area contributed by atoms with Crippen LogP contribution in [0.1, 0.15) is 24.1 Å². The molecule has 2 aromatic rings. The third-order valence-electron chi connectivity index (χ3n) is 3.28. The number of carbonyl (C=O) groups excluding carboxylic acids is 1. The van der Waals surface area contributed by atoms with Crippen molar-refractivity contribution in [3.63, 3.8) is 0 Å². The molecule has 0 amide bonds. The summed E-state index contributed by atoms with van der Waals surface area (Å²) in [5, 5.41) is 0. The van der Waals surface area contributed by atoms with E-state index in [4.69, 9.17) is 4.74 Å². The molecule has 1 atom stereocenters. The van der Waals surface area contributed by atoms with E-state index in [9.17, 15) is 13.2 Å². The Balaban J connectivity index is 2.25. The Labute approximate surface area is 136 Å². The fourth-order valence-electron chi connectivity index (χ4n) is 2.06. The van der Waals surface area contributed by atoms with E-state index >= 15 is 0 Å². The summed E-state index contributed by atoms with van der Waals surface area (Å²) < 4.78 is 32.6. The van der Waals surface area contributed by atoms with E-state index in [0.717, 1.165) is 11.1 Å². The Kier molecular flexibility index (Phi) is 5.52. The Morgan fingerprint density at radius 1 is 1.09 bits per heavy atom. The topological polar surface area (TPSA) is 72.5 Å².